The molecule has 0 amide bonds. The quantitative estimate of drug-likeness (QED) is 0.655. The third kappa shape index (κ3) is 1.67. The van der Waals surface area contributed by atoms with Gasteiger partial charge < -0.3 is 4.74 Å². The van der Waals surface area contributed by atoms with Crippen molar-refractivity contribution in [1.29, 1.82) is 0 Å². The molecule has 1 nitrogen and oxygen atoms in total. The summed E-state index contributed by atoms with van der Waals surface area (Å²) >= 11 is 5.32. The summed E-state index contributed by atoms with van der Waals surface area (Å²) in [6, 6.07) is 2.55. The molecule has 1 rings (SSSR count). The van der Waals surface area contributed by atoms with Gasteiger partial charge in [0.05, 0.1) is 11.6 Å². The lowest BCUT2D eigenvalue weighted by atomic mass is 10.3. The summed E-state index contributed by atoms with van der Waals surface area (Å²) in [4.78, 5) is 0. The Kier molecular flexibility index (Phi) is 2.87. The topological polar surface area (TPSA) is 9.23 Å². The van der Waals surface area contributed by atoms with Crippen molar-refractivity contribution in [2.24, 2.45) is 0 Å². The molecule has 0 N–H and O–H groups in total. The molecule has 4 heteroatoms. The van der Waals surface area contributed by atoms with E-state index in [1.807, 2.05) is 0 Å². The molecule has 0 spiro atoms. The molecule has 0 heterocycles. The highest BCUT2D eigenvalue weighted by atomic mass is 35.5. The van der Waals surface area contributed by atoms with Crippen LogP contribution in [0.5, 0.6) is 5.75 Å². The number of hydrogen-bond donors (Lipinski definition) is 0. The summed E-state index contributed by atoms with van der Waals surface area (Å²) in [6.07, 6.45) is 0. The summed E-state index contributed by atoms with van der Waals surface area (Å²) in [5.41, 5.74) is 0. The lowest BCUT2D eigenvalue weighted by Gasteiger charge is -2.04. The Balaban J connectivity index is 3.08. The van der Waals surface area contributed by atoms with Crippen molar-refractivity contribution < 1.29 is 13.5 Å². The molecule has 0 fully saturated rings. The standard InChI is InChI=1S/C8H7ClF2O/c1-2-12-6-4-3-5(9)7(10)8(6)11/h3-4H,2H2,1H3. The van der Waals surface area contributed by atoms with Gasteiger partial charge >= 0.3 is 0 Å². The zero-order chi connectivity index (χ0) is 9.14. The molecule has 0 radical (unpaired) electrons. The second-order valence-electron chi connectivity index (χ2n) is 2.11. The van der Waals surface area contributed by atoms with Crippen molar-refractivity contribution in [1.82, 2.24) is 0 Å². The molecular weight excluding hydrogens is 186 g/mol. The minimum atomic E-state index is -1.07. The highest BCUT2D eigenvalue weighted by Crippen LogP contribution is 2.25. The summed E-state index contributed by atoms with van der Waals surface area (Å²) in [6.45, 7) is 1.98. The Bertz CT molecular complexity index is 289. The fourth-order valence-corrected chi connectivity index (χ4v) is 0.921. The number of hydrogen-bond acceptors (Lipinski definition) is 1. The van der Waals surface area contributed by atoms with Gasteiger partial charge in [-0.25, -0.2) is 4.39 Å². The lowest BCUT2D eigenvalue weighted by Crippen LogP contribution is -1.96. The van der Waals surface area contributed by atoms with Gasteiger partial charge in [0.1, 0.15) is 0 Å². The van der Waals surface area contributed by atoms with Crippen LogP contribution in [-0.4, -0.2) is 6.61 Å². The van der Waals surface area contributed by atoms with Gasteiger partial charge in [0.25, 0.3) is 0 Å². The van der Waals surface area contributed by atoms with E-state index in [4.69, 9.17) is 16.3 Å². The van der Waals surface area contributed by atoms with E-state index < -0.39 is 11.6 Å². The molecule has 0 saturated heterocycles. The van der Waals surface area contributed by atoms with E-state index in [0.29, 0.717) is 0 Å². The van der Waals surface area contributed by atoms with Crippen LogP contribution in [0.1, 0.15) is 6.92 Å². The van der Waals surface area contributed by atoms with Gasteiger partial charge in [-0.2, -0.15) is 4.39 Å². The fourth-order valence-electron chi connectivity index (χ4n) is 0.775. The van der Waals surface area contributed by atoms with Crippen LogP contribution in [0.2, 0.25) is 5.02 Å². The zero-order valence-corrected chi connectivity index (χ0v) is 7.16. The molecule has 0 aromatic heterocycles. The van der Waals surface area contributed by atoms with E-state index in [-0.39, 0.29) is 17.4 Å². The summed E-state index contributed by atoms with van der Waals surface area (Å²) in [5.74, 6) is -2.22. The molecule has 12 heavy (non-hydrogen) atoms. The molecule has 1 aromatic carbocycles. The largest absolute Gasteiger partial charge is 0.491 e. The van der Waals surface area contributed by atoms with E-state index in [2.05, 4.69) is 0 Å². The predicted molar refractivity (Wildman–Crippen MR) is 42.5 cm³/mol. The Labute approximate surface area is 73.9 Å². The number of halogens is 3. The first kappa shape index (κ1) is 9.26. The second-order valence-corrected chi connectivity index (χ2v) is 2.51. The summed E-state index contributed by atoms with van der Waals surface area (Å²) in [7, 11) is 0. The third-order valence-corrected chi connectivity index (χ3v) is 1.59. The van der Waals surface area contributed by atoms with E-state index in [1.165, 1.54) is 12.1 Å². The molecule has 0 bridgehead atoms. The minimum Gasteiger partial charge on any atom is -0.491 e. The monoisotopic (exact) mass is 192 g/mol. The van der Waals surface area contributed by atoms with E-state index >= 15 is 0 Å². The normalized spacial score (nSPS) is 10.0. The van der Waals surface area contributed by atoms with Crippen molar-refractivity contribution >= 4 is 11.6 Å². The first-order valence-corrected chi connectivity index (χ1v) is 3.81. The van der Waals surface area contributed by atoms with Gasteiger partial charge in [-0.05, 0) is 19.1 Å². The van der Waals surface area contributed by atoms with Crippen LogP contribution in [0.4, 0.5) is 8.78 Å². The molecule has 0 aliphatic rings. The van der Waals surface area contributed by atoms with Gasteiger partial charge in [0.15, 0.2) is 11.6 Å². The Morgan fingerprint density at radius 1 is 1.33 bits per heavy atom. The maximum Gasteiger partial charge on any atom is 0.202 e. The van der Waals surface area contributed by atoms with Crippen molar-refractivity contribution in [3.8, 4) is 5.75 Å². The summed E-state index contributed by atoms with van der Waals surface area (Å²) in [5, 5.41) is -0.240. The van der Waals surface area contributed by atoms with Crippen LogP contribution in [0, 0.1) is 11.6 Å². The highest BCUT2D eigenvalue weighted by molar-refractivity contribution is 6.30. The van der Waals surface area contributed by atoms with E-state index in [0.717, 1.165) is 0 Å². The van der Waals surface area contributed by atoms with E-state index in [9.17, 15) is 8.78 Å². The van der Waals surface area contributed by atoms with Crippen LogP contribution in [0.3, 0.4) is 0 Å². The Morgan fingerprint density at radius 3 is 2.58 bits per heavy atom. The second kappa shape index (κ2) is 3.72. The SMILES string of the molecule is CCOc1ccc(Cl)c(F)c1F. The molecule has 0 aliphatic carbocycles. The fraction of sp³-hybridized carbons (Fsp3) is 0.250. The maximum absolute atomic E-state index is 12.9. The van der Waals surface area contributed by atoms with Crippen molar-refractivity contribution in [3.05, 3.63) is 28.8 Å². The first-order chi connectivity index (χ1) is 5.66. The number of ether oxygens (including phenoxy) is 1. The average molecular weight is 193 g/mol. The van der Waals surface area contributed by atoms with Gasteiger partial charge in [0.2, 0.25) is 5.82 Å². The molecule has 0 saturated carbocycles. The van der Waals surface area contributed by atoms with Gasteiger partial charge in [-0.1, -0.05) is 11.6 Å². The number of rotatable bonds is 2. The van der Waals surface area contributed by atoms with Gasteiger partial charge in [0, 0.05) is 0 Å². The molecule has 66 valence electrons. The van der Waals surface area contributed by atoms with Crippen LogP contribution in [-0.2, 0) is 0 Å². The van der Waals surface area contributed by atoms with Gasteiger partial charge in [-0.3, -0.25) is 0 Å². The van der Waals surface area contributed by atoms with Crippen molar-refractivity contribution in [2.45, 2.75) is 6.92 Å². The molecular formula is C8H7ClF2O. The highest BCUT2D eigenvalue weighted by Gasteiger charge is 2.12. The minimum absolute atomic E-state index is 0.112. The number of benzene rings is 1. The van der Waals surface area contributed by atoms with Crippen LogP contribution in [0.25, 0.3) is 0 Å². The summed E-state index contributed by atoms with van der Waals surface area (Å²) < 4.78 is 30.4. The lowest BCUT2D eigenvalue weighted by molar-refractivity contribution is 0.314. The van der Waals surface area contributed by atoms with Crippen LogP contribution in [0.15, 0.2) is 12.1 Å². The van der Waals surface area contributed by atoms with Crippen LogP contribution < -0.4 is 4.74 Å². The van der Waals surface area contributed by atoms with Gasteiger partial charge in [-0.15, -0.1) is 0 Å². The van der Waals surface area contributed by atoms with Crippen LogP contribution >= 0.6 is 11.6 Å². The molecule has 0 unspecified atom stereocenters. The molecule has 0 aliphatic heterocycles. The molecule has 1 aromatic rings. The maximum atomic E-state index is 12.9. The van der Waals surface area contributed by atoms with E-state index in [1.54, 1.807) is 6.92 Å². The third-order valence-electron chi connectivity index (χ3n) is 1.30. The van der Waals surface area contributed by atoms with Crippen molar-refractivity contribution in [2.75, 3.05) is 6.61 Å². The smallest absolute Gasteiger partial charge is 0.202 e. The van der Waals surface area contributed by atoms with Crippen molar-refractivity contribution in [3.63, 3.8) is 0 Å². The Morgan fingerprint density at radius 2 is 2.00 bits per heavy atom. The first-order valence-electron chi connectivity index (χ1n) is 3.43. The zero-order valence-electron chi connectivity index (χ0n) is 6.40. The average Bonchev–Trinajstić information content (AvgIpc) is 2.07. The Hall–Kier alpha value is -0.830. The molecule has 0 atom stereocenters. The predicted octanol–water partition coefficient (Wildman–Crippen LogP) is 3.02.